The minimum Gasteiger partial charge on any atom is -0.439 e. The monoisotopic (exact) mass is 561 g/mol. The van der Waals surface area contributed by atoms with Gasteiger partial charge in [0.2, 0.25) is 11.8 Å². The molecular formula is C29H39N9OS. The summed E-state index contributed by atoms with van der Waals surface area (Å²) in [7, 11) is 2.10. The molecule has 2 aliphatic rings. The normalized spacial score (nSPS) is 15.1. The lowest BCUT2D eigenvalue weighted by Gasteiger charge is -2.26. The van der Waals surface area contributed by atoms with E-state index in [9.17, 15) is 0 Å². The van der Waals surface area contributed by atoms with E-state index in [4.69, 9.17) is 32.7 Å². The average molecular weight is 562 g/mol. The first-order valence-electron chi connectivity index (χ1n) is 14.1. The van der Waals surface area contributed by atoms with Gasteiger partial charge in [-0.1, -0.05) is 18.2 Å². The number of nitrogens with zero attached hydrogens (tertiary/aromatic N) is 7. The smallest absolute Gasteiger partial charge is 0.229 e. The van der Waals surface area contributed by atoms with Crippen LogP contribution >= 0.6 is 12.2 Å². The van der Waals surface area contributed by atoms with Gasteiger partial charge in [0.15, 0.2) is 5.11 Å². The van der Waals surface area contributed by atoms with Gasteiger partial charge >= 0.3 is 0 Å². The standard InChI is InChI=1S/C29H39N9OS/c1-35(19-20-38(28(30)40)23-11-12-27(32-22-23)39-24-9-3-2-4-10-24)18-13-31-25-21-26(36-14-5-6-15-36)34-29(33-25)37-16-7-8-17-37/h2-4,9-12,21-22H,5-8,13-20H2,1H3,(H2,30,40)(H,31,33,34). The third-order valence-electron chi connectivity index (χ3n) is 7.29. The SMILES string of the molecule is CN(CCNc1cc(N2CCCC2)nc(N2CCCC2)n1)CCN(C(N)=S)c1ccc(Oc2ccccc2)nc1. The molecule has 3 N–H and O–H groups in total. The summed E-state index contributed by atoms with van der Waals surface area (Å²) >= 11 is 5.35. The Balaban J connectivity index is 1.13. The summed E-state index contributed by atoms with van der Waals surface area (Å²) in [5.41, 5.74) is 6.91. The molecule has 10 nitrogen and oxygen atoms in total. The number of ether oxygens (including phenoxy) is 1. The van der Waals surface area contributed by atoms with Gasteiger partial charge in [0.1, 0.15) is 17.4 Å². The number of nitrogens with two attached hydrogens (primary N) is 1. The molecule has 0 atom stereocenters. The highest BCUT2D eigenvalue weighted by Gasteiger charge is 2.20. The molecule has 11 heteroatoms. The Kier molecular flexibility index (Phi) is 9.46. The number of anilines is 4. The number of benzene rings is 1. The molecule has 0 amide bonds. The van der Waals surface area contributed by atoms with Crippen LogP contribution in [0.3, 0.4) is 0 Å². The van der Waals surface area contributed by atoms with Gasteiger partial charge in [-0.25, -0.2) is 4.98 Å². The van der Waals surface area contributed by atoms with Crippen molar-refractivity contribution in [3.05, 3.63) is 54.7 Å². The number of aromatic nitrogens is 3. The van der Waals surface area contributed by atoms with E-state index in [1.807, 2.05) is 47.4 Å². The highest BCUT2D eigenvalue weighted by Crippen LogP contribution is 2.26. The van der Waals surface area contributed by atoms with E-state index < -0.39 is 0 Å². The Labute approximate surface area is 242 Å². The molecule has 5 rings (SSSR count). The van der Waals surface area contributed by atoms with E-state index in [-0.39, 0.29) is 0 Å². The molecule has 4 heterocycles. The van der Waals surface area contributed by atoms with Gasteiger partial charge in [-0.15, -0.1) is 0 Å². The van der Waals surface area contributed by atoms with Gasteiger partial charge in [-0.3, -0.25) is 0 Å². The number of nitrogens with one attached hydrogen (secondary N) is 1. The maximum atomic E-state index is 6.07. The first-order chi connectivity index (χ1) is 19.5. The van der Waals surface area contributed by atoms with Crippen LogP contribution in [0.5, 0.6) is 11.6 Å². The average Bonchev–Trinajstić information content (AvgIpc) is 3.70. The van der Waals surface area contributed by atoms with E-state index in [1.165, 1.54) is 25.7 Å². The number of pyridine rings is 1. The number of likely N-dealkylation sites (N-methyl/N-ethyl adjacent to an activating group) is 1. The van der Waals surface area contributed by atoms with Gasteiger partial charge in [-0.05, 0) is 63.1 Å². The molecule has 40 heavy (non-hydrogen) atoms. The molecule has 212 valence electrons. The van der Waals surface area contributed by atoms with Crippen molar-refractivity contribution < 1.29 is 4.74 Å². The van der Waals surface area contributed by atoms with E-state index in [1.54, 1.807) is 6.20 Å². The third kappa shape index (κ3) is 7.48. The second-order valence-corrected chi connectivity index (χ2v) is 10.7. The van der Waals surface area contributed by atoms with Crippen molar-refractivity contribution in [3.8, 4) is 11.6 Å². The highest BCUT2D eigenvalue weighted by atomic mass is 32.1. The van der Waals surface area contributed by atoms with Crippen LogP contribution in [0.15, 0.2) is 54.7 Å². The summed E-state index contributed by atoms with van der Waals surface area (Å²) in [5.74, 6) is 4.03. The Morgan fingerprint density at radius 1 is 0.950 bits per heavy atom. The van der Waals surface area contributed by atoms with Crippen molar-refractivity contribution in [3.63, 3.8) is 0 Å². The number of hydrogen-bond donors (Lipinski definition) is 2. The van der Waals surface area contributed by atoms with Crippen LogP contribution < -0.4 is 30.5 Å². The van der Waals surface area contributed by atoms with Crippen LogP contribution in [0.25, 0.3) is 0 Å². The van der Waals surface area contributed by atoms with Crippen LogP contribution in [0.2, 0.25) is 0 Å². The quantitative estimate of drug-likeness (QED) is 0.315. The molecule has 2 saturated heterocycles. The number of thiocarbonyl (C=S) groups is 1. The third-order valence-corrected chi connectivity index (χ3v) is 7.51. The number of rotatable bonds is 12. The molecule has 0 aliphatic carbocycles. The van der Waals surface area contributed by atoms with Gasteiger partial charge in [-0.2, -0.15) is 9.97 Å². The van der Waals surface area contributed by atoms with Crippen molar-refractivity contribution in [1.29, 1.82) is 0 Å². The van der Waals surface area contributed by atoms with E-state index in [2.05, 4.69) is 38.1 Å². The Morgan fingerprint density at radius 3 is 2.35 bits per heavy atom. The fourth-order valence-electron chi connectivity index (χ4n) is 5.01. The van der Waals surface area contributed by atoms with Crippen molar-refractivity contribution in [2.24, 2.45) is 5.73 Å². The van der Waals surface area contributed by atoms with Gasteiger partial charge in [0.25, 0.3) is 0 Å². The summed E-state index contributed by atoms with van der Waals surface area (Å²) in [6, 6.07) is 15.4. The zero-order valence-corrected chi connectivity index (χ0v) is 24.0. The molecule has 0 bridgehead atoms. The van der Waals surface area contributed by atoms with E-state index in [0.29, 0.717) is 17.5 Å². The van der Waals surface area contributed by atoms with Gasteiger partial charge in [0.05, 0.1) is 11.9 Å². The molecule has 0 unspecified atom stereocenters. The first-order valence-corrected chi connectivity index (χ1v) is 14.5. The van der Waals surface area contributed by atoms with Gasteiger partial charge in [0, 0.05) is 64.5 Å². The summed E-state index contributed by atoms with van der Waals surface area (Å²) < 4.78 is 5.80. The Bertz CT molecular complexity index is 1200. The molecule has 0 saturated carbocycles. The van der Waals surface area contributed by atoms with Crippen molar-refractivity contribution >= 4 is 40.6 Å². The summed E-state index contributed by atoms with van der Waals surface area (Å²) in [5, 5.41) is 3.85. The predicted molar refractivity (Wildman–Crippen MR) is 166 cm³/mol. The van der Waals surface area contributed by atoms with Gasteiger partial charge < -0.3 is 35.4 Å². The van der Waals surface area contributed by atoms with Crippen LogP contribution in [0.4, 0.5) is 23.3 Å². The van der Waals surface area contributed by atoms with Crippen LogP contribution in [-0.2, 0) is 0 Å². The molecule has 0 radical (unpaired) electrons. The lowest BCUT2D eigenvalue weighted by atomic mass is 10.3. The molecule has 1 aromatic carbocycles. The highest BCUT2D eigenvalue weighted by molar-refractivity contribution is 7.80. The first kappa shape index (κ1) is 27.9. The van der Waals surface area contributed by atoms with Crippen molar-refractivity contribution in [2.75, 3.05) is 79.4 Å². The van der Waals surface area contributed by atoms with Crippen molar-refractivity contribution in [2.45, 2.75) is 25.7 Å². The Morgan fingerprint density at radius 2 is 1.68 bits per heavy atom. The molecule has 3 aromatic rings. The maximum Gasteiger partial charge on any atom is 0.229 e. The molecule has 0 spiro atoms. The van der Waals surface area contributed by atoms with Crippen molar-refractivity contribution in [1.82, 2.24) is 19.9 Å². The summed E-state index contributed by atoms with van der Waals surface area (Å²) in [6.07, 6.45) is 6.60. The summed E-state index contributed by atoms with van der Waals surface area (Å²) in [6.45, 7) is 7.24. The largest absolute Gasteiger partial charge is 0.439 e. The van der Waals surface area contributed by atoms with E-state index >= 15 is 0 Å². The molecule has 2 aromatic heterocycles. The fourth-order valence-corrected chi connectivity index (χ4v) is 5.20. The fraction of sp³-hybridized carbons (Fsp3) is 0.448. The molecule has 2 aliphatic heterocycles. The zero-order chi connectivity index (χ0) is 27.7. The van der Waals surface area contributed by atoms with Crippen LogP contribution in [0.1, 0.15) is 25.7 Å². The Hall–Kier alpha value is -3.70. The second-order valence-electron chi connectivity index (χ2n) is 10.3. The lowest BCUT2D eigenvalue weighted by molar-refractivity contribution is 0.357. The topological polar surface area (TPSA) is 98.9 Å². The maximum absolute atomic E-state index is 6.07. The van der Waals surface area contributed by atoms with Crippen LogP contribution in [0, 0.1) is 0 Å². The minimum absolute atomic E-state index is 0.315. The zero-order valence-electron chi connectivity index (χ0n) is 23.2. The molecular weight excluding hydrogens is 522 g/mol. The second kappa shape index (κ2) is 13.6. The van der Waals surface area contributed by atoms with Crippen LogP contribution in [-0.4, -0.2) is 84.4 Å². The predicted octanol–water partition coefficient (Wildman–Crippen LogP) is 3.96. The lowest BCUT2D eigenvalue weighted by Crippen LogP contribution is -2.41. The number of hydrogen-bond acceptors (Lipinski definition) is 9. The number of para-hydroxylation sites is 1. The minimum atomic E-state index is 0.315. The summed E-state index contributed by atoms with van der Waals surface area (Å²) in [4.78, 5) is 23.0. The molecule has 2 fully saturated rings. The van der Waals surface area contributed by atoms with E-state index in [0.717, 1.165) is 74.8 Å².